The predicted molar refractivity (Wildman–Crippen MR) is 241 cm³/mol. The largest absolute Gasteiger partial charge is 0.453 e. The number of hydroxylamine groups is 1. The van der Waals surface area contributed by atoms with E-state index < -0.39 is 101 Å². The topological polar surface area (TPSA) is 185 Å². The van der Waals surface area contributed by atoms with Crippen molar-refractivity contribution < 1.29 is 62.6 Å². The molecule has 0 radical (unpaired) electrons. The van der Waals surface area contributed by atoms with Crippen LogP contribution in [0, 0.1) is 41.4 Å². The number of aliphatic hydroxyl groups excluding tert-OH is 1. The van der Waals surface area contributed by atoms with E-state index in [1.165, 1.54) is 6.92 Å². The highest BCUT2D eigenvalue weighted by Crippen LogP contribution is 2.54. The minimum absolute atomic E-state index is 0.0414. The third kappa shape index (κ3) is 10.4. The molecule has 1 amide bonds. The number of carbonyl (C=O) groups excluding carboxylic acids is 4. The summed E-state index contributed by atoms with van der Waals surface area (Å²) in [7, 11) is 0. The second-order valence-electron chi connectivity index (χ2n) is 20.4. The molecule has 18 atom stereocenters. The Bertz CT molecular complexity index is 1860. The lowest BCUT2D eigenvalue weighted by molar-refractivity contribution is -0.409. The van der Waals surface area contributed by atoms with Gasteiger partial charge in [-0.1, -0.05) is 73.6 Å². The molecule has 5 heterocycles. The minimum Gasteiger partial charge on any atom is -0.453 e. The molecule has 14 heteroatoms. The second kappa shape index (κ2) is 20.5. The fourth-order valence-electron chi connectivity index (χ4n) is 11.6. The Morgan fingerprint density at radius 3 is 2.20 bits per heavy atom. The van der Waals surface area contributed by atoms with E-state index in [0.29, 0.717) is 63.4 Å². The standard InChI is InChI=1S/C51H77NO13/c1-12-37(47(57)63-52-46(56)36-18-16-15-17-19-36)39-21-20-29(4)44(61-39)33(8)42(54)32(7)43(55)38(13-2)45-30(5)28-31(6)50(62-45)25-23-41(60-35(10)53)51(65-50)27-26-48(11,64-51)40-22-24-49(58,14-3)34(9)59-40/h15-19,23,25,29-34,37-42,44-45,54,58H,12-14,20-22,24,26-28H2,1-11H3,(H,52,56)/t29-,30-,31+,32-,33-,34-,37+,38-,39+,40+,41-,42+,44+,45-,48-,49+,50-,51-/m0/s1. The lowest BCUT2D eigenvalue weighted by Gasteiger charge is -2.54. The lowest BCUT2D eigenvalue weighted by Crippen LogP contribution is -2.63. The summed E-state index contributed by atoms with van der Waals surface area (Å²) in [6, 6.07) is 8.49. The molecule has 5 aliphatic rings. The highest BCUT2D eigenvalue weighted by Gasteiger charge is 2.64. The average molecular weight is 912 g/mol. The predicted octanol–water partition coefficient (Wildman–Crippen LogP) is 7.56. The summed E-state index contributed by atoms with van der Waals surface area (Å²) in [4.78, 5) is 58.4. The van der Waals surface area contributed by atoms with Crippen molar-refractivity contribution in [3.05, 3.63) is 48.0 Å². The fourth-order valence-corrected chi connectivity index (χ4v) is 11.6. The average Bonchev–Trinajstić information content (AvgIpc) is 3.63. The number of Topliss-reactive ketones (excluding diaryl/α,β-unsaturated/α-hetero) is 1. The number of ketones is 1. The van der Waals surface area contributed by atoms with Gasteiger partial charge in [-0.25, -0.2) is 4.79 Å². The van der Waals surface area contributed by atoms with Gasteiger partial charge >= 0.3 is 11.9 Å². The molecule has 1 aromatic rings. The number of nitrogens with one attached hydrogen (secondary N) is 1. The number of ether oxygens (including phenoxy) is 6. The molecule has 3 N–H and O–H groups in total. The molecule has 0 aromatic heterocycles. The monoisotopic (exact) mass is 912 g/mol. The van der Waals surface area contributed by atoms with Gasteiger partial charge in [0.05, 0.1) is 53.7 Å². The first-order valence-electron chi connectivity index (χ1n) is 24.4. The van der Waals surface area contributed by atoms with Crippen LogP contribution in [0.5, 0.6) is 0 Å². The number of benzene rings is 1. The first-order valence-corrected chi connectivity index (χ1v) is 24.4. The number of aliphatic hydroxyl groups is 2. The van der Waals surface area contributed by atoms with E-state index in [9.17, 15) is 29.4 Å². The molecule has 4 saturated heterocycles. The minimum atomic E-state index is -1.40. The van der Waals surface area contributed by atoms with Gasteiger partial charge < -0.3 is 43.5 Å². The Hall–Kier alpha value is -3.24. The maximum absolute atomic E-state index is 14.7. The van der Waals surface area contributed by atoms with Gasteiger partial charge in [0.2, 0.25) is 5.79 Å². The van der Waals surface area contributed by atoms with Crippen molar-refractivity contribution in [2.45, 2.75) is 206 Å². The summed E-state index contributed by atoms with van der Waals surface area (Å²) in [5.74, 6) is -7.07. The number of hydrogen-bond acceptors (Lipinski definition) is 13. The van der Waals surface area contributed by atoms with Crippen LogP contribution in [0.2, 0.25) is 0 Å². The number of rotatable bonds is 14. The second-order valence-corrected chi connectivity index (χ2v) is 20.4. The van der Waals surface area contributed by atoms with Crippen molar-refractivity contribution in [1.29, 1.82) is 0 Å². The number of hydrogen-bond donors (Lipinski definition) is 3. The maximum atomic E-state index is 14.7. The molecule has 14 nitrogen and oxygen atoms in total. The summed E-state index contributed by atoms with van der Waals surface area (Å²) in [6.07, 6.45) is 5.01. The maximum Gasteiger partial charge on any atom is 0.337 e. The van der Waals surface area contributed by atoms with E-state index >= 15 is 0 Å². The van der Waals surface area contributed by atoms with Crippen LogP contribution in [0.4, 0.5) is 0 Å². The van der Waals surface area contributed by atoms with Gasteiger partial charge in [-0.3, -0.25) is 14.4 Å². The van der Waals surface area contributed by atoms with E-state index in [1.807, 2.05) is 47.6 Å². The van der Waals surface area contributed by atoms with Crippen molar-refractivity contribution in [1.82, 2.24) is 5.48 Å². The first kappa shape index (κ1) is 51.2. The van der Waals surface area contributed by atoms with Gasteiger partial charge in [0.15, 0.2) is 11.9 Å². The van der Waals surface area contributed by atoms with Crippen LogP contribution in [-0.4, -0.2) is 99.3 Å². The van der Waals surface area contributed by atoms with Gasteiger partial charge in [0, 0.05) is 42.6 Å². The van der Waals surface area contributed by atoms with Gasteiger partial charge in [-0.2, -0.15) is 5.48 Å². The molecule has 364 valence electrons. The van der Waals surface area contributed by atoms with Gasteiger partial charge in [0.25, 0.3) is 5.91 Å². The van der Waals surface area contributed by atoms with Crippen molar-refractivity contribution in [3.8, 4) is 0 Å². The van der Waals surface area contributed by atoms with Gasteiger partial charge in [-0.05, 0) is 108 Å². The van der Waals surface area contributed by atoms with Crippen molar-refractivity contribution in [3.63, 3.8) is 0 Å². The van der Waals surface area contributed by atoms with E-state index in [-0.39, 0.29) is 29.6 Å². The van der Waals surface area contributed by atoms with Crippen LogP contribution in [-0.2, 0) is 47.6 Å². The zero-order valence-electron chi connectivity index (χ0n) is 40.6. The molecule has 4 fully saturated rings. The molecule has 0 saturated carbocycles. The molecule has 0 unspecified atom stereocenters. The van der Waals surface area contributed by atoms with Crippen LogP contribution in [0.25, 0.3) is 0 Å². The van der Waals surface area contributed by atoms with Gasteiger partial charge in [-0.15, -0.1) is 0 Å². The molecule has 5 aliphatic heterocycles. The summed E-state index contributed by atoms with van der Waals surface area (Å²) in [6.45, 7) is 20.9. The van der Waals surface area contributed by atoms with E-state index in [0.717, 1.165) is 6.42 Å². The molecular formula is C51H77NO13. The summed E-state index contributed by atoms with van der Waals surface area (Å²) >= 11 is 0. The highest BCUT2D eigenvalue weighted by atomic mass is 16.8. The van der Waals surface area contributed by atoms with Crippen molar-refractivity contribution in [2.24, 2.45) is 41.4 Å². The highest BCUT2D eigenvalue weighted by molar-refractivity contribution is 5.94. The van der Waals surface area contributed by atoms with Crippen LogP contribution in [0.1, 0.15) is 151 Å². The van der Waals surface area contributed by atoms with Crippen LogP contribution in [0.3, 0.4) is 0 Å². The number of carbonyl (C=O) groups is 4. The quantitative estimate of drug-likeness (QED) is 0.0945. The Balaban J connectivity index is 1.15. The number of amides is 1. The molecule has 2 spiro atoms. The van der Waals surface area contributed by atoms with Crippen molar-refractivity contribution in [2.75, 3.05) is 0 Å². The zero-order valence-corrected chi connectivity index (χ0v) is 40.6. The normalized spacial score (nSPS) is 39.5. The van der Waals surface area contributed by atoms with Gasteiger partial charge in [0.1, 0.15) is 5.78 Å². The Morgan fingerprint density at radius 2 is 1.57 bits per heavy atom. The van der Waals surface area contributed by atoms with Crippen LogP contribution in [0.15, 0.2) is 42.5 Å². The smallest absolute Gasteiger partial charge is 0.337 e. The summed E-state index contributed by atoms with van der Waals surface area (Å²) in [5, 5.41) is 23.2. The summed E-state index contributed by atoms with van der Waals surface area (Å²) < 4.78 is 40.2. The van der Waals surface area contributed by atoms with E-state index in [2.05, 4.69) is 26.3 Å². The Kier molecular flexibility index (Phi) is 16.2. The molecule has 0 bridgehead atoms. The third-order valence-corrected chi connectivity index (χ3v) is 16.0. The third-order valence-electron chi connectivity index (χ3n) is 16.0. The molecule has 1 aromatic carbocycles. The first-order chi connectivity index (χ1) is 30.7. The lowest BCUT2D eigenvalue weighted by atomic mass is 9.72. The number of esters is 1. The Labute approximate surface area is 386 Å². The molecule has 65 heavy (non-hydrogen) atoms. The fraction of sp³-hybridized carbons (Fsp3) is 0.765. The van der Waals surface area contributed by atoms with Crippen LogP contribution >= 0.6 is 0 Å². The zero-order chi connectivity index (χ0) is 47.6. The summed E-state index contributed by atoms with van der Waals surface area (Å²) in [5.41, 5.74) is 0.903. The molecular weight excluding hydrogens is 835 g/mol. The van der Waals surface area contributed by atoms with E-state index in [4.69, 9.17) is 33.3 Å². The van der Waals surface area contributed by atoms with Crippen LogP contribution < -0.4 is 5.48 Å². The van der Waals surface area contributed by atoms with E-state index in [1.54, 1.807) is 43.3 Å². The SMILES string of the molecule is CC[C@@H](C(=O)[C@@H](C)[C@@H](O)[C@H](C)[C@@H]1O[C@@H]([C@@H](CC)C(=O)ONC(=O)c2ccccc2)CC[C@@H]1C)[C@H]1O[C@]2(C=C[C@H](OC(C)=O)[C@]3(CC[C@@](C)([C@H]4CC[C@](O)(CC)[C@H](C)O4)O3)O2)[C@H](C)C[C@@H]1C. The molecule has 6 rings (SSSR count). The molecule has 0 aliphatic carbocycles. The van der Waals surface area contributed by atoms with Crippen molar-refractivity contribution >= 4 is 23.6 Å². The Morgan fingerprint density at radius 1 is 0.877 bits per heavy atom.